The average molecular weight is 198 g/mol. The second kappa shape index (κ2) is 6.02. The Morgan fingerprint density at radius 3 is 2.86 bits per heavy atom. The largest absolute Gasteiger partial charge is 0.352 e. The van der Waals surface area contributed by atoms with Crippen molar-refractivity contribution in [3.63, 3.8) is 0 Å². The SMILES string of the molecule is CCCC(CC)NCC1CCC(=O)N1. The van der Waals surface area contributed by atoms with E-state index in [-0.39, 0.29) is 5.91 Å². The molecule has 0 aromatic heterocycles. The molecule has 0 spiro atoms. The Labute approximate surface area is 86.6 Å². The van der Waals surface area contributed by atoms with Crippen LogP contribution >= 0.6 is 0 Å². The Bertz CT molecular complexity index is 182. The summed E-state index contributed by atoms with van der Waals surface area (Å²) in [5, 5.41) is 6.49. The van der Waals surface area contributed by atoms with Crippen LogP contribution < -0.4 is 10.6 Å². The third-order valence-electron chi connectivity index (χ3n) is 2.87. The molecule has 0 aromatic rings. The Morgan fingerprint density at radius 2 is 2.36 bits per heavy atom. The molecular formula is C11H22N2O. The van der Waals surface area contributed by atoms with Gasteiger partial charge >= 0.3 is 0 Å². The van der Waals surface area contributed by atoms with E-state index < -0.39 is 0 Å². The molecule has 1 heterocycles. The normalized spacial score (nSPS) is 23.6. The monoisotopic (exact) mass is 198 g/mol. The molecule has 3 heteroatoms. The first kappa shape index (κ1) is 11.5. The molecule has 2 unspecified atom stereocenters. The van der Waals surface area contributed by atoms with Gasteiger partial charge < -0.3 is 10.6 Å². The summed E-state index contributed by atoms with van der Waals surface area (Å²) in [6, 6.07) is 0.992. The van der Waals surface area contributed by atoms with E-state index in [9.17, 15) is 4.79 Å². The van der Waals surface area contributed by atoms with Crippen molar-refractivity contribution >= 4 is 5.91 Å². The molecule has 0 bridgehead atoms. The second-order valence-corrected chi connectivity index (χ2v) is 4.11. The lowest BCUT2D eigenvalue weighted by Crippen LogP contribution is -2.40. The molecule has 1 aliphatic heterocycles. The van der Waals surface area contributed by atoms with Crippen LogP contribution in [0.1, 0.15) is 46.0 Å². The molecule has 0 aliphatic carbocycles. The molecule has 1 amide bonds. The number of carbonyl (C=O) groups excluding carboxylic acids is 1. The Balaban J connectivity index is 2.15. The molecule has 1 aliphatic rings. The summed E-state index contributed by atoms with van der Waals surface area (Å²) < 4.78 is 0. The molecule has 2 atom stereocenters. The molecule has 14 heavy (non-hydrogen) atoms. The highest BCUT2D eigenvalue weighted by Gasteiger charge is 2.20. The molecular weight excluding hydrogens is 176 g/mol. The minimum absolute atomic E-state index is 0.209. The quantitative estimate of drug-likeness (QED) is 0.678. The summed E-state index contributed by atoms with van der Waals surface area (Å²) in [5.41, 5.74) is 0. The topological polar surface area (TPSA) is 41.1 Å². The predicted molar refractivity (Wildman–Crippen MR) is 58.2 cm³/mol. The third-order valence-corrected chi connectivity index (χ3v) is 2.87. The van der Waals surface area contributed by atoms with Crippen LogP contribution in [-0.4, -0.2) is 24.5 Å². The maximum absolute atomic E-state index is 11.0. The molecule has 1 rings (SSSR count). The third kappa shape index (κ3) is 3.66. The van der Waals surface area contributed by atoms with Crippen LogP contribution in [0.3, 0.4) is 0 Å². The number of amides is 1. The second-order valence-electron chi connectivity index (χ2n) is 4.11. The molecule has 1 fully saturated rings. The van der Waals surface area contributed by atoms with Gasteiger partial charge in [-0.15, -0.1) is 0 Å². The first-order chi connectivity index (χ1) is 6.76. The van der Waals surface area contributed by atoms with E-state index in [1.807, 2.05) is 0 Å². The molecule has 0 saturated carbocycles. The van der Waals surface area contributed by atoms with E-state index >= 15 is 0 Å². The van der Waals surface area contributed by atoms with E-state index in [2.05, 4.69) is 24.5 Å². The lowest BCUT2D eigenvalue weighted by atomic mass is 10.1. The van der Waals surface area contributed by atoms with Crippen LogP contribution in [0, 0.1) is 0 Å². The highest BCUT2D eigenvalue weighted by Crippen LogP contribution is 2.07. The molecule has 2 N–H and O–H groups in total. The zero-order valence-corrected chi connectivity index (χ0v) is 9.31. The van der Waals surface area contributed by atoms with Crippen molar-refractivity contribution in [1.82, 2.24) is 10.6 Å². The highest BCUT2D eigenvalue weighted by molar-refractivity contribution is 5.78. The van der Waals surface area contributed by atoms with Gasteiger partial charge in [-0.3, -0.25) is 4.79 Å². The minimum Gasteiger partial charge on any atom is -0.352 e. The van der Waals surface area contributed by atoms with E-state index in [1.54, 1.807) is 0 Å². The van der Waals surface area contributed by atoms with Gasteiger partial charge in [0.2, 0.25) is 5.91 Å². The van der Waals surface area contributed by atoms with E-state index in [0.29, 0.717) is 18.5 Å². The first-order valence-electron chi connectivity index (χ1n) is 5.79. The van der Waals surface area contributed by atoms with Gasteiger partial charge in [0.25, 0.3) is 0 Å². The number of nitrogens with one attached hydrogen (secondary N) is 2. The highest BCUT2D eigenvalue weighted by atomic mass is 16.1. The average Bonchev–Trinajstić information content (AvgIpc) is 2.59. The van der Waals surface area contributed by atoms with Crippen LogP contribution in [0.2, 0.25) is 0 Å². The molecule has 0 aromatic carbocycles. The van der Waals surface area contributed by atoms with Gasteiger partial charge in [-0.2, -0.15) is 0 Å². The van der Waals surface area contributed by atoms with Gasteiger partial charge in [0, 0.05) is 25.0 Å². The Morgan fingerprint density at radius 1 is 1.57 bits per heavy atom. The van der Waals surface area contributed by atoms with Gasteiger partial charge in [0.1, 0.15) is 0 Å². The van der Waals surface area contributed by atoms with E-state index in [1.165, 1.54) is 19.3 Å². The number of rotatable bonds is 6. The summed E-state index contributed by atoms with van der Waals surface area (Å²) in [6.07, 6.45) is 5.33. The number of carbonyl (C=O) groups is 1. The smallest absolute Gasteiger partial charge is 0.220 e. The van der Waals surface area contributed by atoms with Crippen LogP contribution in [0.4, 0.5) is 0 Å². The van der Waals surface area contributed by atoms with Crippen LogP contribution in [-0.2, 0) is 4.79 Å². The van der Waals surface area contributed by atoms with E-state index in [0.717, 1.165) is 13.0 Å². The van der Waals surface area contributed by atoms with Gasteiger partial charge in [-0.25, -0.2) is 0 Å². The maximum Gasteiger partial charge on any atom is 0.220 e. The maximum atomic E-state index is 11.0. The van der Waals surface area contributed by atoms with Crippen molar-refractivity contribution in [2.45, 2.75) is 58.0 Å². The van der Waals surface area contributed by atoms with Gasteiger partial charge in [0.15, 0.2) is 0 Å². The first-order valence-corrected chi connectivity index (χ1v) is 5.79. The minimum atomic E-state index is 0.209. The Kier molecular flexibility index (Phi) is 4.94. The van der Waals surface area contributed by atoms with Gasteiger partial charge in [-0.05, 0) is 19.3 Å². The summed E-state index contributed by atoms with van der Waals surface area (Å²) in [7, 11) is 0. The number of hydrogen-bond acceptors (Lipinski definition) is 2. The van der Waals surface area contributed by atoms with Crippen molar-refractivity contribution in [3.05, 3.63) is 0 Å². The van der Waals surface area contributed by atoms with Crippen molar-refractivity contribution in [1.29, 1.82) is 0 Å². The van der Waals surface area contributed by atoms with Crippen LogP contribution in [0.25, 0.3) is 0 Å². The van der Waals surface area contributed by atoms with Crippen molar-refractivity contribution in [2.75, 3.05) is 6.54 Å². The summed E-state index contributed by atoms with van der Waals surface area (Å²) in [6.45, 7) is 5.35. The fourth-order valence-corrected chi connectivity index (χ4v) is 1.94. The summed E-state index contributed by atoms with van der Waals surface area (Å²) in [5.74, 6) is 0.209. The fraction of sp³-hybridized carbons (Fsp3) is 0.909. The molecule has 3 nitrogen and oxygen atoms in total. The standard InChI is InChI=1S/C11H22N2O/c1-3-5-9(4-2)12-8-10-6-7-11(14)13-10/h9-10,12H,3-8H2,1-2H3,(H,13,14). The molecule has 82 valence electrons. The lowest BCUT2D eigenvalue weighted by Gasteiger charge is -2.18. The van der Waals surface area contributed by atoms with Gasteiger partial charge in [0.05, 0.1) is 0 Å². The summed E-state index contributed by atoms with van der Waals surface area (Å²) in [4.78, 5) is 11.0. The van der Waals surface area contributed by atoms with Gasteiger partial charge in [-0.1, -0.05) is 20.3 Å². The Hall–Kier alpha value is -0.570. The predicted octanol–water partition coefficient (Wildman–Crippen LogP) is 1.43. The van der Waals surface area contributed by atoms with Crippen LogP contribution in [0.5, 0.6) is 0 Å². The molecule has 1 saturated heterocycles. The van der Waals surface area contributed by atoms with Crippen molar-refractivity contribution < 1.29 is 4.79 Å². The summed E-state index contributed by atoms with van der Waals surface area (Å²) >= 11 is 0. The van der Waals surface area contributed by atoms with Crippen molar-refractivity contribution in [2.24, 2.45) is 0 Å². The molecule has 0 radical (unpaired) electrons. The fourth-order valence-electron chi connectivity index (χ4n) is 1.94. The zero-order chi connectivity index (χ0) is 10.4. The number of hydrogen-bond donors (Lipinski definition) is 2. The van der Waals surface area contributed by atoms with Crippen molar-refractivity contribution in [3.8, 4) is 0 Å². The zero-order valence-electron chi connectivity index (χ0n) is 9.31. The lowest BCUT2D eigenvalue weighted by molar-refractivity contribution is -0.119. The van der Waals surface area contributed by atoms with Crippen LogP contribution in [0.15, 0.2) is 0 Å². The van der Waals surface area contributed by atoms with E-state index in [4.69, 9.17) is 0 Å².